The minimum absolute atomic E-state index is 0.168. The van der Waals surface area contributed by atoms with Gasteiger partial charge >= 0.3 is 0 Å². The summed E-state index contributed by atoms with van der Waals surface area (Å²) in [6, 6.07) is 10.3. The minimum atomic E-state index is -0.242. The topological polar surface area (TPSA) is 21.3 Å². The number of methoxy groups -OCH3 is 1. The maximum absolute atomic E-state index is 13.7. The number of ether oxygens (including phenoxy) is 1. The number of nitrogens with one attached hydrogen (secondary N) is 1. The third-order valence-corrected chi connectivity index (χ3v) is 3.54. The predicted molar refractivity (Wildman–Crippen MR) is 84.7 cm³/mol. The number of benzene rings is 2. The van der Waals surface area contributed by atoms with E-state index in [2.05, 4.69) is 5.32 Å². The van der Waals surface area contributed by atoms with E-state index >= 15 is 0 Å². The Kier molecular flexibility index (Phi) is 5.21. The van der Waals surface area contributed by atoms with Crippen molar-refractivity contribution in [1.29, 1.82) is 0 Å². The van der Waals surface area contributed by atoms with Gasteiger partial charge in [-0.2, -0.15) is 0 Å². The van der Waals surface area contributed by atoms with Gasteiger partial charge in [0.1, 0.15) is 11.6 Å². The second-order valence-corrected chi connectivity index (χ2v) is 5.38. The predicted octanol–water partition coefficient (Wildman–Crippen LogP) is 4.50. The molecule has 0 spiro atoms. The van der Waals surface area contributed by atoms with E-state index in [9.17, 15) is 4.39 Å². The van der Waals surface area contributed by atoms with Crippen LogP contribution >= 0.6 is 11.6 Å². The van der Waals surface area contributed by atoms with Crippen LogP contribution in [0.3, 0.4) is 0 Å². The van der Waals surface area contributed by atoms with Crippen LogP contribution in [-0.2, 0) is 0 Å². The fourth-order valence-corrected chi connectivity index (χ4v) is 2.65. The number of rotatable bonds is 5. The van der Waals surface area contributed by atoms with Crippen molar-refractivity contribution in [3.8, 4) is 5.75 Å². The van der Waals surface area contributed by atoms with Gasteiger partial charge in [0.25, 0.3) is 0 Å². The number of hydrogen-bond donors (Lipinski definition) is 1. The van der Waals surface area contributed by atoms with Crippen LogP contribution in [0.25, 0.3) is 0 Å². The molecule has 0 heterocycles. The van der Waals surface area contributed by atoms with E-state index in [-0.39, 0.29) is 11.9 Å². The van der Waals surface area contributed by atoms with Gasteiger partial charge in [-0.3, -0.25) is 0 Å². The van der Waals surface area contributed by atoms with E-state index in [4.69, 9.17) is 16.3 Å². The van der Waals surface area contributed by atoms with E-state index in [1.165, 1.54) is 6.07 Å². The van der Waals surface area contributed by atoms with E-state index in [0.717, 1.165) is 29.0 Å². The van der Waals surface area contributed by atoms with Gasteiger partial charge in [-0.05, 0) is 54.9 Å². The summed E-state index contributed by atoms with van der Waals surface area (Å²) in [7, 11) is 1.62. The summed E-state index contributed by atoms with van der Waals surface area (Å²) in [6.07, 6.45) is 0. The van der Waals surface area contributed by atoms with Gasteiger partial charge in [-0.25, -0.2) is 4.39 Å². The molecule has 0 aliphatic rings. The molecule has 1 atom stereocenters. The zero-order valence-electron chi connectivity index (χ0n) is 12.4. The molecule has 2 nitrogen and oxygen atoms in total. The summed E-state index contributed by atoms with van der Waals surface area (Å²) >= 11 is 6.11. The second-order valence-electron chi connectivity index (χ2n) is 4.94. The fraction of sp³-hybridized carbons (Fsp3) is 0.294. The highest BCUT2D eigenvalue weighted by molar-refractivity contribution is 6.30. The molecule has 21 heavy (non-hydrogen) atoms. The van der Waals surface area contributed by atoms with Crippen molar-refractivity contribution in [2.45, 2.75) is 19.9 Å². The molecule has 1 N–H and O–H groups in total. The molecule has 0 saturated heterocycles. The SMILES string of the molecule is CCNC(c1cc(C)cc(F)c1)c1cc(Cl)ccc1OC. The molecule has 0 saturated carbocycles. The molecule has 0 radical (unpaired) electrons. The molecule has 2 rings (SSSR count). The van der Waals surface area contributed by atoms with E-state index in [1.54, 1.807) is 19.2 Å². The Labute approximate surface area is 129 Å². The highest BCUT2D eigenvalue weighted by atomic mass is 35.5. The molecule has 0 aliphatic heterocycles. The number of aryl methyl sites for hydroxylation is 1. The molecule has 0 fully saturated rings. The molecule has 112 valence electrons. The Bertz CT molecular complexity index is 610. The second kappa shape index (κ2) is 6.92. The van der Waals surface area contributed by atoms with Gasteiger partial charge in [-0.15, -0.1) is 0 Å². The van der Waals surface area contributed by atoms with Crippen LogP contribution in [0.1, 0.15) is 29.7 Å². The molecule has 0 aromatic heterocycles. The third-order valence-electron chi connectivity index (χ3n) is 3.31. The van der Waals surface area contributed by atoms with Crippen molar-refractivity contribution in [2.24, 2.45) is 0 Å². The summed E-state index contributed by atoms with van der Waals surface area (Å²) < 4.78 is 19.1. The monoisotopic (exact) mass is 307 g/mol. The Morgan fingerprint density at radius 2 is 2.00 bits per heavy atom. The Morgan fingerprint density at radius 3 is 2.62 bits per heavy atom. The van der Waals surface area contributed by atoms with Crippen molar-refractivity contribution in [3.63, 3.8) is 0 Å². The van der Waals surface area contributed by atoms with Gasteiger partial charge in [-0.1, -0.05) is 24.6 Å². The average Bonchev–Trinajstić information content (AvgIpc) is 2.43. The molecule has 1 unspecified atom stereocenters. The van der Waals surface area contributed by atoms with E-state index in [1.807, 2.05) is 32.0 Å². The number of hydrogen-bond acceptors (Lipinski definition) is 2. The lowest BCUT2D eigenvalue weighted by molar-refractivity contribution is 0.404. The summed E-state index contributed by atoms with van der Waals surface area (Å²) in [5.74, 6) is 0.487. The van der Waals surface area contributed by atoms with E-state index in [0.29, 0.717) is 5.02 Å². The van der Waals surface area contributed by atoms with Crippen LogP contribution in [0.2, 0.25) is 5.02 Å². The lowest BCUT2D eigenvalue weighted by atomic mass is 9.96. The summed E-state index contributed by atoms with van der Waals surface area (Å²) in [5.41, 5.74) is 2.64. The smallest absolute Gasteiger partial charge is 0.124 e. The van der Waals surface area contributed by atoms with Crippen LogP contribution in [0, 0.1) is 12.7 Å². The van der Waals surface area contributed by atoms with Crippen molar-refractivity contribution in [3.05, 3.63) is 63.9 Å². The summed E-state index contributed by atoms with van der Waals surface area (Å²) in [4.78, 5) is 0. The standard InChI is InChI=1S/C17H19ClFNO/c1-4-20-17(12-7-11(2)8-14(19)9-12)15-10-13(18)5-6-16(15)21-3/h5-10,17,20H,4H2,1-3H3. The Hall–Kier alpha value is -1.58. The molecule has 4 heteroatoms. The highest BCUT2D eigenvalue weighted by Gasteiger charge is 2.19. The molecule has 0 bridgehead atoms. The molecular weight excluding hydrogens is 289 g/mol. The molecular formula is C17H19ClFNO. The van der Waals surface area contributed by atoms with Gasteiger partial charge in [0, 0.05) is 10.6 Å². The minimum Gasteiger partial charge on any atom is -0.496 e. The highest BCUT2D eigenvalue weighted by Crippen LogP contribution is 2.33. The zero-order valence-corrected chi connectivity index (χ0v) is 13.2. The Balaban J connectivity index is 2.55. The third kappa shape index (κ3) is 3.74. The van der Waals surface area contributed by atoms with Gasteiger partial charge < -0.3 is 10.1 Å². The maximum atomic E-state index is 13.7. The first-order valence-electron chi connectivity index (χ1n) is 6.89. The summed E-state index contributed by atoms with van der Waals surface area (Å²) in [6.45, 7) is 4.64. The maximum Gasteiger partial charge on any atom is 0.124 e. The van der Waals surface area contributed by atoms with Crippen molar-refractivity contribution in [1.82, 2.24) is 5.32 Å². The van der Waals surface area contributed by atoms with Gasteiger partial charge in [0.15, 0.2) is 0 Å². The fourth-order valence-electron chi connectivity index (χ4n) is 2.47. The van der Waals surface area contributed by atoms with Crippen LogP contribution < -0.4 is 10.1 Å². The molecule has 0 aliphatic carbocycles. The molecule has 0 amide bonds. The van der Waals surface area contributed by atoms with Gasteiger partial charge in [0.05, 0.1) is 13.2 Å². The van der Waals surface area contributed by atoms with Crippen LogP contribution in [-0.4, -0.2) is 13.7 Å². The van der Waals surface area contributed by atoms with Crippen molar-refractivity contribution in [2.75, 3.05) is 13.7 Å². The molecule has 2 aromatic carbocycles. The van der Waals surface area contributed by atoms with Crippen LogP contribution in [0.4, 0.5) is 4.39 Å². The zero-order chi connectivity index (χ0) is 15.4. The largest absolute Gasteiger partial charge is 0.496 e. The quantitative estimate of drug-likeness (QED) is 0.878. The van der Waals surface area contributed by atoms with Crippen molar-refractivity contribution >= 4 is 11.6 Å². The Morgan fingerprint density at radius 1 is 1.24 bits per heavy atom. The summed E-state index contributed by atoms with van der Waals surface area (Å²) in [5, 5.41) is 3.99. The average molecular weight is 308 g/mol. The lowest BCUT2D eigenvalue weighted by Crippen LogP contribution is -2.22. The van der Waals surface area contributed by atoms with E-state index < -0.39 is 0 Å². The first kappa shape index (κ1) is 15.8. The first-order chi connectivity index (χ1) is 10.0. The normalized spacial score (nSPS) is 12.2. The number of halogens is 2. The lowest BCUT2D eigenvalue weighted by Gasteiger charge is -2.22. The van der Waals surface area contributed by atoms with Crippen molar-refractivity contribution < 1.29 is 9.13 Å². The van der Waals surface area contributed by atoms with Gasteiger partial charge in [0.2, 0.25) is 0 Å². The first-order valence-corrected chi connectivity index (χ1v) is 7.27. The van der Waals surface area contributed by atoms with Crippen LogP contribution in [0.15, 0.2) is 36.4 Å². The van der Waals surface area contributed by atoms with Crippen LogP contribution in [0.5, 0.6) is 5.75 Å². The molecule has 2 aromatic rings.